The number of ether oxygens (including phenoxy) is 1. The van der Waals surface area contributed by atoms with Gasteiger partial charge in [0.2, 0.25) is 0 Å². The van der Waals surface area contributed by atoms with Gasteiger partial charge in [-0.3, -0.25) is 14.4 Å². The topological polar surface area (TPSA) is 118 Å². The molecule has 8 nitrogen and oxygen atoms in total. The highest BCUT2D eigenvalue weighted by atomic mass is 35.5. The van der Waals surface area contributed by atoms with Crippen molar-refractivity contribution in [2.24, 2.45) is 0 Å². The number of carbonyl (C=O) groups excluding carboxylic acids is 3. The van der Waals surface area contributed by atoms with E-state index in [1.54, 1.807) is 13.8 Å². The van der Waals surface area contributed by atoms with Gasteiger partial charge in [0.25, 0.3) is 0 Å². The molecule has 0 radical (unpaired) electrons. The van der Waals surface area contributed by atoms with E-state index < -0.39 is 28.5 Å². The Hall–Kier alpha value is -4.04. The van der Waals surface area contributed by atoms with E-state index in [1.807, 2.05) is 35.0 Å². The van der Waals surface area contributed by atoms with Gasteiger partial charge < -0.3 is 24.8 Å². The number of hydrogen-bond donors (Lipinski definition) is 3. The molecule has 0 amide bonds. The second-order valence-corrected chi connectivity index (χ2v) is 9.90. The summed E-state index contributed by atoms with van der Waals surface area (Å²) in [5.41, 5.74) is -0.256. The lowest BCUT2D eigenvalue weighted by Gasteiger charge is -2.29. The van der Waals surface area contributed by atoms with Crippen LogP contribution in [0.5, 0.6) is 17.2 Å². The summed E-state index contributed by atoms with van der Waals surface area (Å²) in [7, 11) is 0. The van der Waals surface area contributed by atoms with E-state index in [2.05, 4.69) is 5.32 Å². The Morgan fingerprint density at radius 2 is 1.89 bits per heavy atom. The molecule has 1 atom stereocenters. The normalized spacial score (nSPS) is 19.9. The third kappa shape index (κ3) is 3.47. The fourth-order valence-corrected chi connectivity index (χ4v) is 5.43. The van der Waals surface area contributed by atoms with E-state index in [0.29, 0.717) is 23.8 Å². The van der Waals surface area contributed by atoms with Crippen LogP contribution >= 0.6 is 11.6 Å². The van der Waals surface area contributed by atoms with Crippen molar-refractivity contribution in [3.63, 3.8) is 0 Å². The molecule has 2 heterocycles. The predicted molar refractivity (Wildman–Crippen MR) is 138 cm³/mol. The van der Waals surface area contributed by atoms with E-state index in [-0.39, 0.29) is 39.5 Å². The standard InChI is InChI=1S/C28H25ClN2O6/c1-13-24(34)22(15(3)32)26-23(25(13)35)28(4)20(37-26)12-19(33)21(27(28)36)14(2)30-9-11-31-10-8-16-17(29)6-5-7-18(16)31/h5-8,10,12,30,34-35H,9,11H2,1-4H3/b21-14+/t28-/m0/s1. The lowest BCUT2D eigenvalue weighted by Crippen LogP contribution is -2.41. The zero-order valence-corrected chi connectivity index (χ0v) is 21.5. The number of nitrogens with zero attached hydrogens (tertiary/aromatic N) is 1. The zero-order valence-electron chi connectivity index (χ0n) is 20.7. The Kier molecular flexibility index (Phi) is 5.68. The van der Waals surface area contributed by atoms with Gasteiger partial charge in [-0.2, -0.15) is 0 Å². The van der Waals surface area contributed by atoms with Crippen LogP contribution in [-0.2, 0) is 21.5 Å². The summed E-state index contributed by atoms with van der Waals surface area (Å²) in [5.74, 6) is -2.47. The van der Waals surface area contributed by atoms with Gasteiger partial charge in [-0.1, -0.05) is 17.7 Å². The van der Waals surface area contributed by atoms with Crippen molar-refractivity contribution in [2.75, 3.05) is 6.54 Å². The first-order valence-electron chi connectivity index (χ1n) is 11.8. The van der Waals surface area contributed by atoms with Crippen LogP contribution in [-0.4, -0.2) is 38.7 Å². The first kappa shape index (κ1) is 24.6. The molecule has 0 saturated heterocycles. The van der Waals surface area contributed by atoms with Crippen molar-refractivity contribution in [3.8, 4) is 17.2 Å². The highest BCUT2D eigenvalue weighted by Crippen LogP contribution is 2.57. The molecule has 0 spiro atoms. The molecule has 1 aromatic heterocycles. The van der Waals surface area contributed by atoms with Crippen LogP contribution in [0.2, 0.25) is 5.02 Å². The number of rotatable bonds is 5. The fourth-order valence-electron chi connectivity index (χ4n) is 5.20. The minimum Gasteiger partial charge on any atom is -0.507 e. The molecule has 37 heavy (non-hydrogen) atoms. The minimum atomic E-state index is -1.54. The van der Waals surface area contributed by atoms with Gasteiger partial charge in [-0.15, -0.1) is 0 Å². The molecule has 0 unspecified atom stereocenters. The summed E-state index contributed by atoms with van der Waals surface area (Å²) in [5, 5.41) is 26.2. The Bertz CT molecular complexity index is 1610. The maximum Gasteiger partial charge on any atom is 0.194 e. The minimum absolute atomic E-state index is 0.00698. The molecule has 0 saturated carbocycles. The van der Waals surface area contributed by atoms with Gasteiger partial charge in [0.15, 0.2) is 17.3 Å². The van der Waals surface area contributed by atoms with Crippen molar-refractivity contribution in [2.45, 2.75) is 39.7 Å². The van der Waals surface area contributed by atoms with Gasteiger partial charge in [0.1, 0.15) is 34.0 Å². The van der Waals surface area contributed by atoms with Crippen LogP contribution in [0.3, 0.4) is 0 Å². The number of fused-ring (bicyclic) bond motifs is 4. The number of carbonyl (C=O) groups is 3. The number of Topliss-reactive ketones (excluding diaryl/α,β-unsaturated/α-hetero) is 2. The van der Waals surface area contributed by atoms with E-state index in [0.717, 1.165) is 10.9 Å². The number of aromatic nitrogens is 1. The largest absolute Gasteiger partial charge is 0.507 e. The monoisotopic (exact) mass is 520 g/mol. The average molecular weight is 521 g/mol. The van der Waals surface area contributed by atoms with Crippen LogP contribution in [0.15, 0.2) is 53.6 Å². The predicted octanol–water partition coefficient (Wildman–Crippen LogP) is 4.47. The molecule has 3 N–H and O–H groups in total. The van der Waals surface area contributed by atoms with E-state index in [4.69, 9.17) is 16.3 Å². The number of ketones is 3. The summed E-state index contributed by atoms with van der Waals surface area (Å²) in [6, 6.07) is 7.60. The number of aromatic hydroxyl groups is 2. The molecule has 2 aromatic carbocycles. The molecule has 0 fully saturated rings. The van der Waals surface area contributed by atoms with Crippen LogP contribution in [0.1, 0.15) is 42.3 Å². The van der Waals surface area contributed by atoms with Crippen molar-refractivity contribution in [1.29, 1.82) is 0 Å². The maximum absolute atomic E-state index is 13.9. The Morgan fingerprint density at radius 3 is 2.59 bits per heavy atom. The van der Waals surface area contributed by atoms with Crippen LogP contribution < -0.4 is 10.1 Å². The Balaban J connectivity index is 1.50. The number of nitrogens with one attached hydrogen (secondary N) is 1. The van der Waals surface area contributed by atoms with Gasteiger partial charge in [0, 0.05) is 52.5 Å². The number of allylic oxidation sites excluding steroid dienone is 4. The number of benzene rings is 2. The molecule has 1 aliphatic carbocycles. The quantitative estimate of drug-likeness (QED) is 0.258. The van der Waals surface area contributed by atoms with E-state index >= 15 is 0 Å². The maximum atomic E-state index is 13.9. The average Bonchev–Trinajstić information content (AvgIpc) is 3.38. The third-order valence-corrected chi connectivity index (χ3v) is 7.59. The van der Waals surface area contributed by atoms with E-state index in [1.165, 1.54) is 19.9 Å². The van der Waals surface area contributed by atoms with Crippen molar-refractivity contribution >= 4 is 39.9 Å². The first-order chi connectivity index (χ1) is 17.5. The van der Waals surface area contributed by atoms with Gasteiger partial charge in [0.05, 0.1) is 11.1 Å². The van der Waals surface area contributed by atoms with Crippen LogP contribution in [0.25, 0.3) is 10.9 Å². The molecular formula is C28H25ClN2O6. The van der Waals surface area contributed by atoms with Crippen LogP contribution in [0, 0.1) is 6.92 Å². The molecule has 2 aliphatic rings. The van der Waals surface area contributed by atoms with Crippen LogP contribution in [0.4, 0.5) is 0 Å². The molecule has 9 heteroatoms. The number of halogens is 1. The third-order valence-electron chi connectivity index (χ3n) is 7.26. The summed E-state index contributed by atoms with van der Waals surface area (Å²) < 4.78 is 7.82. The number of phenolic OH excluding ortho intramolecular Hbond substituents is 2. The van der Waals surface area contributed by atoms with Gasteiger partial charge >= 0.3 is 0 Å². The van der Waals surface area contributed by atoms with Crippen molar-refractivity contribution in [1.82, 2.24) is 9.88 Å². The SMILES string of the molecule is CC(=O)c1c(O)c(C)c(O)c2c1OC1=CC(=O)/C(=C(/C)NCCn3ccc4c(Cl)cccc43)C(=O)[C@@]12C. The van der Waals surface area contributed by atoms with Gasteiger partial charge in [-0.05, 0) is 45.9 Å². The van der Waals surface area contributed by atoms with Crippen molar-refractivity contribution < 1.29 is 29.3 Å². The summed E-state index contributed by atoms with van der Waals surface area (Å²) >= 11 is 6.26. The highest BCUT2D eigenvalue weighted by molar-refractivity contribution is 6.35. The van der Waals surface area contributed by atoms with E-state index in [9.17, 15) is 24.6 Å². The molecule has 3 aromatic rings. The summed E-state index contributed by atoms with van der Waals surface area (Å²) in [6.07, 6.45) is 3.13. The zero-order chi connectivity index (χ0) is 26.8. The molecule has 0 bridgehead atoms. The summed E-state index contributed by atoms with van der Waals surface area (Å²) in [4.78, 5) is 39.2. The Labute approximate surface area is 217 Å². The lowest BCUT2D eigenvalue weighted by atomic mass is 9.70. The first-order valence-corrected chi connectivity index (χ1v) is 12.1. The fraction of sp³-hybridized carbons (Fsp3) is 0.250. The second kappa shape index (κ2) is 8.52. The lowest BCUT2D eigenvalue weighted by molar-refractivity contribution is -0.123. The number of hydrogen-bond acceptors (Lipinski definition) is 7. The molecule has 1 aliphatic heterocycles. The molecule has 190 valence electrons. The molecule has 5 rings (SSSR count). The smallest absolute Gasteiger partial charge is 0.194 e. The highest BCUT2D eigenvalue weighted by Gasteiger charge is 2.56. The second-order valence-electron chi connectivity index (χ2n) is 9.50. The Morgan fingerprint density at radius 1 is 1.16 bits per heavy atom. The van der Waals surface area contributed by atoms with Crippen molar-refractivity contribution in [3.05, 3.63) is 75.3 Å². The molecular weight excluding hydrogens is 496 g/mol. The van der Waals surface area contributed by atoms with Gasteiger partial charge in [-0.25, -0.2) is 0 Å². The number of phenols is 2. The summed E-state index contributed by atoms with van der Waals surface area (Å²) in [6.45, 7) is 6.88.